The minimum atomic E-state index is -0.0236. The van der Waals surface area contributed by atoms with Crippen LogP contribution in [-0.4, -0.2) is 32.6 Å². The van der Waals surface area contributed by atoms with E-state index in [0.29, 0.717) is 0 Å². The Balaban J connectivity index is 0.000000245. The molecule has 6 nitrogen and oxygen atoms in total. The lowest BCUT2D eigenvalue weighted by Crippen LogP contribution is -2.30. The largest absolute Gasteiger partial charge is 0.463 e. The van der Waals surface area contributed by atoms with Crippen LogP contribution in [0.3, 0.4) is 0 Å². The summed E-state index contributed by atoms with van der Waals surface area (Å²) >= 11 is 0. The van der Waals surface area contributed by atoms with Gasteiger partial charge in [-0.15, -0.1) is 0 Å². The van der Waals surface area contributed by atoms with Gasteiger partial charge in [0.05, 0.1) is 18.0 Å². The number of benzene rings is 2. The van der Waals surface area contributed by atoms with Gasteiger partial charge in [0, 0.05) is 26.1 Å². The fourth-order valence-electron chi connectivity index (χ4n) is 3.51. The third kappa shape index (κ3) is 7.16. The summed E-state index contributed by atoms with van der Waals surface area (Å²) in [7, 11) is 4.01. The molecule has 1 aliphatic carbocycles. The highest BCUT2D eigenvalue weighted by molar-refractivity contribution is 5.79. The molecule has 31 heavy (non-hydrogen) atoms. The molecule has 0 saturated heterocycles. The first-order chi connectivity index (χ1) is 14.8. The van der Waals surface area contributed by atoms with E-state index in [9.17, 15) is 4.79 Å². The summed E-state index contributed by atoms with van der Waals surface area (Å²) in [4.78, 5) is 13.3. The van der Waals surface area contributed by atoms with Crippen LogP contribution in [0.25, 0.3) is 11.1 Å². The Bertz CT molecular complexity index is 916. The van der Waals surface area contributed by atoms with Gasteiger partial charge >= 0.3 is 0 Å². The van der Waals surface area contributed by atoms with Crippen molar-refractivity contribution in [2.24, 2.45) is 11.7 Å². The lowest BCUT2D eigenvalue weighted by Gasteiger charge is -2.18. The van der Waals surface area contributed by atoms with Crippen molar-refractivity contribution in [3.05, 3.63) is 60.9 Å². The molecule has 2 aromatic rings. The number of carbonyl (C=O) groups excluding carboxylic acids is 1. The van der Waals surface area contributed by atoms with Crippen LogP contribution in [0.2, 0.25) is 0 Å². The van der Waals surface area contributed by atoms with E-state index in [1.54, 1.807) is 0 Å². The molecule has 1 amide bonds. The Morgan fingerprint density at radius 1 is 1.26 bits per heavy atom. The van der Waals surface area contributed by atoms with E-state index in [0.717, 1.165) is 30.7 Å². The van der Waals surface area contributed by atoms with Crippen LogP contribution in [-0.2, 0) is 4.79 Å². The number of carbonyl (C=O) groups is 1. The number of anilines is 1. The summed E-state index contributed by atoms with van der Waals surface area (Å²) in [6.07, 6.45) is 3.99. The SMILES string of the molecule is C=COc1ccc(-c2ccc(C)cc2)cc1N(C)C.N#CCNC(=O)C1CCC(N)C1. The molecule has 1 fully saturated rings. The number of nitrogens with zero attached hydrogens (tertiary/aromatic N) is 2. The van der Waals surface area contributed by atoms with Gasteiger partial charge in [-0.1, -0.05) is 42.5 Å². The number of nitrogens with two attached hydrogens (primary N) is 1. The monoisotopic (exact) mass is 420 g/mol. The van der Waals surface area contributed by atoms with Crippen LogP contribution in [0.4, 0.5) is 5.69 Å². The van der Waals surface area contributed by atoms with Gasteiger partial charge in [-0.3, -0.25) is 4.79 Å². The Morgan fingerprint density at radius 3 is 2.48 bits per heavy atom. The minimum absolute atomic E-state index is 0.0236. The normalized spacial score (nSPS) is 17.0. The van der Waals surface area contributed by atoms with Crippen molar-refractivity contribution in [1.82, 2.24) is 5.32 Å². The molecule has 0 spiro atoms. The number of rotatable bonds is 6. The van der Waals surface area contributed by atoms with Crippen molar-refractivity contribution >= 4 is 11.6 Å². The maximum atomic E-state index is 11.2. The third-order valence-corrected chi connectivity index (χ3v) is 5.22. The van der Waals surface area contributed by atoms with Crippen molar-refractivity contribution < 1.29 is 9.53 Å². The van der Waals surface area contributed by atoms with Crippen LogP contribution in [0.5, 0.6) is 5.75 Å². The Kier molecular flexibility index (Phi) is 9.11. The molecule has 0 heterocycles. The van der Waals surface area contributed by atoms with Crippen molar-refractivity contribution in [3.63, 3.8) is 0 Å². The zero-order valence-corrected chi connectivity index (χ0v) is 18.6. The predicted molar refractivity (Wildman–Crippen MR) is 126 cm³/mol. The predicted octanol–water partition coefficient (Wildman–Crippen LogP) is 4.00. The van der Waals surface area contributed by atoms with Gasteiger partial charge in [0.15, 0.2) is 0 Å². The Morgan fingerprint density at radius 2 is 1.94 bits per heavy atom. The van der Waals surface area contributed by atoms with E-state index >= 15 is 0 Å². The van der Waals surface area contributed by atoms with Crippen LogP contribution < -0.4 is 20.7 Å². The molecule has 0 radical (unpaired) electrons. The van der Waals surface area contributed by atoms with Crippen molar-refractivity contribution in [2.45, 2.75) is 32.2 Å². The van der Waals surface area contributed by atoms with E-state index in [-0.39, 0.29) is 24.4 Å². The second-order valence-electron chi connectivity index (χ2n) is 7.87. The van der Waals surface area contributed by atoms with Gasteiger partial charge in [-0.25, -0.2) is 0 Å². The number of hydrogen-bond acceptors (Lipinski definition) is 5. The van der Waals surface area contributed by atoms with E-state index in [1.807, 2.05) is 31.1 Å². The first-order valence-electron chi connectivity index (χ1n) is 10.4. The summed E-state index contributed by atoms with van der Waals surface area (Å²) in [6.45, 7) is 5.80. The number of ether oxygens (including phenoxy) is 1. The molecular weight excluding hydrogens is 388 g/mol. The maximum absolute atomic E-state index is 11.2. The summed E-state index contributed by atoms with van der Waals surface area (Å²) in [5.74, 6) is 0.828. The van der Waals surface area contributed by atoms with Gasteiger partial charge < -0.3 is 20.7 Å². The highest BCUT2D eigenvalue weighted by atomic mass is 16.5. The molecular formula is C25H32N4O2. The minimum Gasteiger partial charge on any atom is -0.463 e. The molecule has 3 rings (SSSR count). The van der Waals surface area contributed by atoms with Gasteiger partial charge in [-0.05, 0) is 49.4 Å². The average Bonchev–Trinajstić information content (AvgIpc) is 3.20. The third-order valence-electron chi connectivity index (χ3n) is 5.22. The molecule has 2 unspecified atom stereocenters. The Labute approximate surface area is 185 Å². The zero-order valence-electron chi connectivity index (χ0n) is 18.6. The first-order valence-corrected chi connectivity index (χ1v) is 10.4. The molecule has 2 aromatic carbocycles. The van der Waals surface area contributed by atoms with Crippen LogP contribution in [0.1, 0.15) is 24.8 Å². The van der Waals surface area contributed by atoms with Crippen molar-refractivity contribution in [3.8, 4) is 22.9 Å². The van der Waals surface area contributed by atoms with Gasteiger partial charge in [0.1, 0.15) is 12.3 Å². The lowest BCUT2D eigenvalue weighted by atomic mass is 10.0. The van der Waals surface area contributed by atoms with Crippen molar-refractivity contribution in [1.29, 1.82) is 5.26 Å². The molecule has 0 bridgehead atoms. The first kappa shape index (κ1) is 24.0. The molecule has 0 aliphatic heterocycles. The summed E-state index contributed by atoms with van der Waals surface area (Å²) < 4.78 is 5.43. The molecule has 2 atom stereocenters. The van der Waals surface area contributed by atoms with Crippen LogP contribution >= 0.6 is 0 Å². The number of aryl methyl sites for hydroxylation is 1. The number of hydrogen-bond donors (Lipinski definition) is 2. The fraction of sp³-hybridized carbons (Fsp3) is 0.360. The summed E-state index contributed by atoms with van der Waals surface area (Å²) in [5.41, 5.74) is 10.3. The topological polar surface area (TPSA) is 91.4 Å². The summed E-state index contributed by atoms with van der Waals surface area (Å²) in [6, 6.07) is 16.7. The van der Waals surface area contributed by atoms with Gasteiger partial charge in [0.2, 0.25) is 5.91 Å². The van der Waals surface area contributed by atoms with E-state index in [1.165, 1.54) is 23.0 Å². The van der Waals surface area contributed by atoms with Gasteiger partial charge in [-0.2, -0.15) is 5.26 Å². The average molecular weight is 421 g/mol. The highest BCUT2D eigenvalue weighted by Gasteiger charge is 2.27. The van der Waals surface area contributed by atoms with Crippen LogP contribution in [0, 0.1) is 24.2 Å². The van der Waals surface area contributed by atoms with Crippen molar-refractivity contribution in [2.75, 3.05) is 25.5 Å². The molecule has 0 aromatic heterocycles. The molecule has 1 aliphatic rings. The fourth-order valence-corrected chi connectivity index (χ4v) is 3.51. The van der Waals surface area contributed by atoms with E-state index in [4.69, 9.17) is 15.7 Å². The molecule has 6 heteroatoms. The smallest absolute Gasteiger partial charge is 0.223 e. The maximum Gasteiger partial charge on any atom is 0.223 e. The van der Waals surface area contributed by atoms with E-state index < -0.39 is 0 Å². The van der Waals surface area contributed by atoms with E-state index in [2.05, 4.69) is 55.2 Å². The summed E-state index contributed by atoms with van der Waals surface area (Å²) in [5, 5.41) is 10.8. The second kappa shape index (κ2) is 11.8. The van der Waals surface area contributed by atoms with Crippen LogP contribution in [0.15, 0.2) is 55.3 Å². The number of nitrogens with one attached hydrogen (secondary N) is 1. The zero-order chi connectivity index (χ0) is 22.8. The quantitative estimate of drug-likeness (QED) is 0.544. The second-order valence-corrected chi connectivity index (χ2v) is 7.87. The highest BCUT2D eigenvalue weighted by Crippen LogP contribution is 2.32. The standard InChI is InChI=1S/C17H19NO.C8H13N3O/c1-5-19-17-11-10-15(12-16(17)18(3)4)14-8-6-13(2)7-9-14;9-3-4-11-8(12)6-1-2-7(10)5-6/h5-12H,1H2,2-4H3;6-7H,1-2,4-5,10H2,(H,11,12). The molecule has 3 N–H and O–H groups in total. The Hall–Kier alpha value is -3.30. The number of nitriles is 1. The molecule has 164 valence electrons. The lowest BCUT2D eigenvalue weighted by molar-refractivity contribution is -0.124. The number of amides is 1. The van der Waals surface area contributed by atoms with Gasteiger partial charge in [0.25, 0.3) is 0 Å². The molecule has 1 saturated carbocycles.